The lowest BCUT2D eigenvalue weighted by Crippen LogP contribution is -2.05. The SMILES string of the molecule is CNCc1ccccc1-c1ccc(C)s1. The molecule has 0 aliphatic rings. The molecule has 0 atom stereocenters. The summed E-state index contributed by atoms with van der Waals surface area (Å²) >= 11 is 1.85. The first-order chi connectivity index (χ1) is 7.31. The van der Waals surface area contributed by atoms with Crippen molar-refractivity contribution in [1.82, 2.24) is 5.32 Å². The van der Waals surface area contributed by atoms with Crippen molar-refractivity contribution in [1.29, 1.82) is 0 Å². The Kier molecular flexibility index (Phi) is 3.19. The minimum Gasteiger partial charge on any atom is -0.316 e. The molecule has 0 radical (unpaired) electrons. The van der Waals surface area contributed by atoms with Crippen LogP contribution in [-0.4, -0.2) is 7.05 Å². The van der Waals surface area contributed by atoms with Gasteiger partial charge in [0.25, 0.3) is 0 Å². The molecule has 78 valence electrons. The van der Waals surface area contributed by atoms with Crippen molar-refractivity contribution >= 4 is 11.3 Å². The Hall–Kier alpha value is -1.12. The first kappa shape index (κ1) is 10.4. The normalized spacial score (nSPS) is 10.5. The fourth-order valence-electron chi connectivity index (χ4n) is 1.68. The predicted molar refractivity (Wildman–Crippen MR) is 67.3 cm³/mol. The van der Waals surface area contributed by atoms with E-state index in [9.17, 15) is 0 Å². The Balaban J connectivity index is 2.42. The Labute approximate surface area is 94.8 Å². The maximum Gasteiger partial charge on any atom is 0.0348 e. The lowest BCUT2D eigenvalue weighted by molar-refractivity contribution is 0.820. The van der Waals surface area contributed by atoms with E-state index in [2.05, 4.69) is 48.6 Å². The lowest BCUT2D eigenvalue weighted by Gasteiger charge is -2.06. The van der Waals surface area contributed by atoms with Gasteiger partial charge in [-0.1, -0.05) is 24.3 Å². The molecular formula is C13H15NS. The number of hydrogen-bond acceptors (Lipinski definition) is 2. The molecular weight excluding hydrogens is 202 g/mol. The molecule has 1 nitrogen and oxygen atoms in total. The molecule has 1 heterocycles. The molecule has 0 aliphatic carbocycles. The van der Waals surface area contributed by atoms with Crippen LogP contribution in [0, 0.1) is 6.92 Å². The number of rotatable bonds is 3. The minimum atomic E-state index is 0.924. The highest BCUT2D eigenvalue weighted by Gasteiger charge is 2.05. The van der Waals surface area contributed by atoms with E-state index in [0.717, 1.165) is 6.54 Å². The predicted octanol–water partition coefficient (Wildman–Crippen LogP) is 3.44. The molecule has 2 aromatic rings. The summed E-state index contributed by atoms with van der Waals surface area (Å²) in [5.41, 5.74) is 2.71. The third-order valence-electron chi connectivity index (χ3n) is 2.39. The summed E-state index contributed by atoms with van der Waals surface area (Å²) in [6, 6.07) is 12.9. The zero-order valence-electron chi connectivity index (χ0n) is 9.08. The van der Waals surface area contributed by atoms with Crippen molar-refractivity contribution in [2.24, 2.45) is 0 Å². The van der Waals surface area contributed by atoms with Crippen LogP contribution in [0.25, 0.3) is 10.4 Å². The quantitative estimate of drug-likeness (QED) is 0.830. The topological polar surface area (TPSA) is 12.0 Å². The van der Waals surface area contributed by atoms with Crippen LogP contribution >= 0.6 is 11.3 Å². The summed E-state index contributed by atoms with van der Waals surface area (Å²) in [7, 11) is 1.98. The Morgan fingerprint density at radius 1 is 1.13 bits per heavy atom. The number of hydrogen-bond donors (Lipinski definition) is 1. The van der Waals surface area contributed by atoms with Gasteiger partial charge in [0.05, 0.1) is 0 Å². The van der Waals surface area contributed by atoms with Gasteiger partial charge in [0, 0.05) is 16.3 Å². The van der Waals surface area contributed by atoms with Crippen LogP contribution in [0.2, 0.25) is 0 Å². The summed E-state index contributed by atoms with van der Waals surface area (Å²) in [6.07, 6.45) is 0. The Morgan fingerprint density at radius 2 is 1.93 bits per heavy atom. The number of aryl methyl sites for hydroxylation is 1. The molecule has 2 rings (SSSR count). The smallest absolute Gasteiger partial charge is 0.0348 e. The van der Waals surface area contributed by atoms with Gasteiger partial charge in [-0.15, -0.1) is 11.3 Å². The van der Waals surface area contributed by atoms with Crippen LogP contribution in [-0.2, 0) is 6.54 Å². The zero-order valence-corrected chi connectivity index (χ0v) is 9.90. The fraction of sp³-hybridized carbons (Fsp3) is 0.231. The van der Waals surface area contributed by atoms with Crippen LogP contribution in [0.1, 0.15) is 10.4 Å². The average Bonchev–Trinajstić information content (AvgIpc) is 2.66. The highest BCUT2D eigenvalue weighted by molar-refractivity contribution is 7.15. The fourth-order valence-corrected chi connectivity index (χ4v) is 2.61. The van der Waals surface area contributed by atoms with Crippen molar-refractivity contribution in [2.45, 2.75) is 13.5 Å². The molecule has 2 heteroatoms. The van der Waals surface area contributed by atoms with Gasteiger partial charge < -0.3 is 5.32 Å². The van der Waals surface area contributed by atoms with E-state index < -0.39 is 0 Å². The van der Waals surface area contributed by atoms with Crippen molar-refractivity contribution in [3.63, 3.8) is 0 Å². The van der Waals surface area contributed by atoms with Crippen molar-refractivity contribution < 1.29 is 0 Å². The number of benzene rings is 1. The molecule has 1 aromatic carbocycles. The van der Waals surface area contributed by atoms with Gasteiger partial charge >= 0.3 is 0 Å². The molecule has 0 unspecified atom stereocenters. The second-order valence-electron chi connectivity index (χ2n) is 3.60. The zero-order chi connectivity index (χ0) is 10.7. The van der Waals surface area contributed by atoms with Crippen LogP contribution in [0.3, 0.4) is 0 Å². The second kappa shape index (κ2) is 4.60. The van der Waals surface area contributed by atoms with E-state index in [0.29, 0.717) is 0 Å². The standard InChI is InChI=1S/C13H15NS/c1-10-7-8-13(15-10)12-6-4-3-5-11(12)9-14-2/h3-8,14H,9H2,1-2H3. The molecule has 0 spiro atoms. The third-order valence-corrected chi connectivity index (χ3v) is 3.42. The molecule has 0 aliphatic heterocycles. The maximum atomic E-state index is 3.21. The van der Waals surface area contributed by atoms with Gasteiger partial charge in [-0.2, -0.15) is 0 Å². The summed E-state index contributed by atoms with van der Waals surface area (Å²) in [5, 5.41) is 3.21. The van der Waals surface area contributed by atoms with Gasteiger partial charge in [0.15, 0.2) is 0 Å². The molecule has 0 amide bonds. The Bertz CT molecular complexity index is 445. The van der Waals surface area contributed by atoms with Crippen molar-refractivity contribution in [3.05, 3.63) is 46.8 Å². The monoisotopic (exact) mass is 217 g/mol. The second-order valence-corrected chi connectivity index (χ2v) is 4.89. The van der Waals surface area contributed by atoms with Crippen LogP contribution < -0.4 is 5.32 Å². The number of thiophene rings is 1. The first-order valence-electron chi connectivity index (χ1n) is 5.10. The summed E-state index contributed by atoms with van der Waals surface area (Å²) in [5.74, 6) is 0. The summed E-state index contributed by atoms with van der Waals surface area (Å²) in [6.45, 7) is 3.07. The Morgan fingerprint density at radius 3 is 2.60 bits per heavy atom. The third kappa shape index (κ3) is 2.28. The van der Waals surface area contributed by atoms with Gasteiger partial charge in [0.2, 0.25) is 0 Å². The largest absolute Gasteiger partial charge is 0.316 e. The highest BCUT2D eigenvalue weighted by Crippen LogP contribution is 2.30. The molecule has 0 saturated carbocycles. The van der Waals surface area contributed by atoms with Crippen molar-refractivity contribution in [2.75, 3.05) is 7.05 Å². The lowest BCUT2D eigenvalue weighted by atomic mass is 10.1. The van der Waals surface area contributed by atoms with E-state index in [-0.39, 0.29) is 0 Å². The summed E-state index contributed by atoms with van der Waals surface area (Å²) in [4.78, 5) is 2.72. The van der Waals surface area contributed by atoms with Gasteiger partial charge in [-0.05, 0) is 37.2 Å². The molecule has 0 saturated heterocycles. The van der Waals surface area contributed by atoms with E-state index in [1.165, 1.54) is 20.9 Å². The van der Waals surface area contributed by atoms with E-state index in [4.69, 9.17) is 0 Å². The highest BCUT2D eigenvalue weighted by atomic mass is 32.1. The van der Waals surface area contributed by atoms with E-state index in [1.807, 2.05) is 18.4 Å². The molecule has 1 N–H and O–H groups in total. The van der Waals surface area contributed by atoms with E-state index >= 15 is 0 Å². The summed E-state index contributed by atoms with van der Waals surface area (Å²) < 4.78 is 0. The molecule has 0 fully saturated rings. The van der Waals surface area contributed by atoms with E-state index in [1.54, 1.807) is 0 Å². The minimum absolute atomic E-state index is 0.924. The molecule has 15 heavy (non-hydrogen) atoms. The van der Waals surface area contributed by atoms with Crippen LogP contribution in [0.5, 0.6) is 0 Å². The first-order valence-corrected chi connectivity index (χ1v) is 5.92. The number of nitrogens with one attached hydrogen (secondary N) is 1. The van der Waals surface area contributed by atoms with Crippen molar-refractivity contribution in [3.8, 4) is 10.4 Å². The van der Waals surface area contributed by atoms with Gasteiger partial charge in [-0.3, -0.25) is 0 Å². The maximum absolute atomic E-state index is 3.21. The van der Waals surface area contributed by atoms with Crippen LogP contribution in [0.15, 0.2) is 36.4 Å². The van der Waals surface area contributed by atoms with Gasteiger partial charge in [-0.25, -0.2) is 0 Å². The van der Waals surface area contributed by atoms with Crippen LogP contribution in [0.4, 0.5) is 0 Å². The van der Waals surface area contributed by atoms with Gasteiger partial charge in [0.1, 0.15) is 0 Å². The molecule has 0 bridgehead atoms. The average molecular weight is 217 g/mol. The molecule has 1 aromatic heterocycles.